The van der Waals surface area contributed by atoms with E-state index in [0.29, 0.717) is 17.9 Å². The van der Waals surface area contributed by atoms with Crippen LogP contribution in [0, 0.1) is 6.92 Å². The van der Waals surface area contributed by atoms with Crippen molar-refractivity contribution in [2.45, 2.75) is 43.1 Å². The molecule has 2 atom stereocenters. The number of hydrogen-bond acceptors (Lipinski definition) is 5. The van der Waals surface area contributed by atoms with E-state index >= 15 is 0 Å². The van der Waals surface area contributed by atoms with E-state index in [0.717, 1.165) is 29.5 Å². The number of nitrogens with one attached hydrogen (secondary N) is 1. The van der Waals surface area contributed by atoms with Crippen molar-refractivity contribution in [1.29, 1.82) is 0 Å². The summed E-state index contributed by atoms with van der Waals surface area (Å²) in [5.41, 5.74) is 2.73. The van der Waals surface area contributed by atoms with Gasteiger partial charge in [-0.15, -0.1) is 0 Å². The molecule has 0 spiro atoms. The first kappa shape index (κ1) is 19.9. The highest BCUT2D eigenvalue weighted by molar-refractivity contribution is 7.89. The molecular formula is C22H25NO5S. The van der Waals surface area contributed by atoms with E-state index in [2.05, 4.69) is 4.72 Å². The molecule has 1 aliphatic heterocycles. The van der Waals surface area contributed by atoms with Crippen LogP contribution in [0.3, 0.4) is 0 Å². The standard InChI is InChI=1S/C22H25NO5S/c1-15-6-9-17(10-7-15)29(25,26)23-13-19(18-4-2-3-5-20(18)24)16-8-11-21-22(12-16)28-14-27-21/h4,6-12,19-20,23-24H,2-3,5,13-14H2,1H3/t19-,20+/m0/s1. The van der Waals surface area contributed by atoms with Crippen LogP contribution in [0.2, 0.25) is 0 Å². The molecular weight excluding hydrogens is 390 g/mol. The summed E-state index contributed by atoms with van der Waals surface area (Å²) in [4.78, 5) is 0.228. The van der Waals surface area contributed by atoms with Crippen LogP contribution >= 0.6 is 0 Å². The molecule has 0 saturated carbocycles. The Labute approximate surface area is 171 Å². The molecule has 1 heterocycles. The van der Waals surface area contributed by atoms with Gasteiger partial charge in [0.25, 0.3) is 0 Å². The zero-order valence-corrected chi connectivity index (χ0v) is 17.1. The van der Waals surface area contributed by atoms with Crippen LogP contribution in [-0.4, -0.2) is 33.0 Å². The first-order chi connectivity index (χ1) is 13.9. The number of aliphatic hydroxyl groups excluding tert-OH is 1. The van der Waals surface area contributed by atoms with Crippen LogP contribution in [-0.2, 0) is 10.0 Å². The molecule has 2 N–H and O–H groups in total. The van der Waals surface area contributed by atoms with E-state index in [1.807, 2.05) is 31.2 Å². The minimum Gasteiger partial charge on any atom is -0.454 e. The Kier molecular flexibility index (Phi) is 5.63. The second-order valence-electron chi connectivity index (χ2n) is 7.48. The Morgan fingerprint density at radius 3 is 2.66 bits per heavy atom. The predicted molar refractivity (Wildman–Crippen MR) is 110 cm³/mol. The van der Waals surface area contributed by atoms with Crippen molar-refractivity contribution in [3.05, 3.63) is 65.2 Å². The van der Waals surface area contributed by atoms with Crippen molar-refractivity contribution in [2.24, 2.45) is 0 Å². The fourth-order valence-electron chi connectivity index (χ4n) is 3.81. The number of benzene rings is 2. The van der Waals surface area contributed by atoms with Gasteiger partial charge >= 0.3 is 0 Å². The van der Waals surface area contributed by atoms with Crippen molar-refractivity contribution in [3.63, 3.8) is 0 Å². The second kappa shape index (κ2) is 8.18. The maximum atomic E-state index is 12.8. The smallest absolute Gasteiger partial charge is 0.240 e. The summed E-state index contributed by atoms with van der Waals surface area (Å²) in [6.07, 6.45) is 3.93. The minimum atomic E-state index is -3.66. The van der Waals surface area contributed by atoms with Crippen LogP contribution in [0.25, 0.3) is 0 Å². The normalized spacial score (nSPS) is 19.7. The average Bonchev–Trinajstić information content (AvgIpc) is 3.18. The molecule has 2 aromatic carbocycles. The summed E-state index contributed by atoms with van der Waals surface area (Å²) < 4.78 is 39.2. The van der Waals surface area contributed by atoms with Crippen LogP contribution in [0.1, 0.15) is 36.3 Å². The molecule has 0 fully saturated rings. The van der Waals surface area contributed by atoms with Crippen molar-refractivity contribution < 1.29 is 23.0 Å². The molecule has 2 aromatic rings. The number of hydrogen-bond donors (Lipinski definition) is 2. The monoisotopic (exact) mass is 415 g/mol. The highest BCUT2D eigenvalue weighted by Gasteiger charge is 2.28. The quantitative estimate of drug-likeness (QED) is 0.708. The van der Waals surface area contributed by atoms with Crippen LogP contribution in [0.15, 0.2) is 59.0 Å². The van der Waals surface area contributed by atoms with E-state index in [9.17, 15) is 13.5 Å². The maximum Gasteiger partial charge on any atom is 0.240 e. The Bertz CT molecular complexity index is 1010. The number of fused-ring (bicyclic) bond motifs is 1. The number of aliphatic hydroxyl groups is 1. The highest BCUT2D eigenvalue weighted by Crippen LogP contribution is 2.38. The van der Waals surface area contributed by atoms with Crippen molar-refractivity contribution in [1.82, 2.24) is 4.72 Å². The van der Waals surface area contributed by atoms with Crippen LogP contribution in [0.5, 0.6) is 11.5 Å². The molecule has 1 aliphatic carbocycles. The van der Waals surface area contributed by atoms with Gasteiger partial charge in [0.05, 0.1) is 11.0 Å². The van der Waals surface area contributed by atoms with Gasteiger partial charge in [0.1, 0.15) is 0 Å². The third-order valence-electron chi connectivity index (χ3n) is 5.46. The first-order valence-corrected chi connectivity index (χ1v) is 11.3. The molecule has 0 unspecified atom stereocenters. The van der Waals surface area contributed by atoms with Gasteiger partial charge in [-0.05, 0) is 61.6 Å². The molecule has 29 heavy (non-hydrogen) atoms. The van der Waals surface area contributed by atoms with E-state index in [1.165, 1.54) is 0 Å². The fraction of sp³-hybridized carbons (Fsp3) is 0.364. The summed E-state index contributed by atoms with van der Waals surface area (Å²) >= 11 is 0. The number of allylic oxidation sites excluding steroid dienone is 1. The Morgan fingerprint density at radius 2 is 1.90 bits per heavy atom. The van der Waals surface area contributed by atoms with Crippen LogP contribution in [0.4, 0.5) is 0 Å². The summed E-state index contributed by atoms with van der Waals surface area (Å²) in [6.45, 7) is 2.24. The predicted octanol–water partition coefficient (Wildman–Crippen LogP) is 3.26. The molecule has 4 rings (SSSR count). The van der Waals surface area contributed by atoms with Crippen molar-refractivity contribution in [2.75, 3.05) is 13.3 Å². The average molecular weight is 416 g/mol. The van der Waals surface area contributed by atoms with Gasteiger partial charge in [0, 0.05) is 12.5 Å². The second-order valence-corrected chi connectivity index (χ2v) is 9.25. The first-order valence-electron chi connectivity index (χ1n) is 9.78. The van der Waals surface area contributed by atoms with Gasteiger partial charge in [0.15, 0.2) is 11.5 Å². The zero-order chi connectivity index (χ0) is 20.4. The maximum absolute atomic E-state index is 12.8. The number of rotatable bonds is 6. The molecule has 0 aromatic heterocycles. The third kappa shape index (κ3) is 4.32. The number of aryl methyl sites for hydroxylation is 1. The van der Waals surface area contributed by atoms with Gasteiger partial charge < -0.3 is 14.6 Å². The van der Waals surface area contributed by atoms with E-state index in [4.69, 9.17) is 9.47 Å². The fourth-order valence-corrected chi connectivity index (χ4v) is 4.86. The number of ether oxygens (including phenoxy) is 2. The highest BCUT2D eigenvalue weighted by atomic mass is 32.2. The molecule has 0 radical (unpaired) electrons. The Morgan fingerprint density at radius 1 is 1.14 bits per heavy atom. The SMILES string of the molecule is Cc1ccc(S(=O)(=O)NC[C@H](C2=CCCC[C@H]2O)c2ccc3c(c2)OCO3)cc1. The van der Waals surface area contributed by atoms with E-state index in [-0.39, 0.29) is 24.2 Å². The van der Waals surface area contributed by atoms with Gasteiger partial charge in [-0.1, -0.05) is 29.8 Å². The molecule has 6 nitrogen and oxygen atoms in total. The Hall–Kier alpha value is -2.35. The number of sulfonamides is 1. The van der Waals surface area contributed by atoms with Crippen molar-refractivity contribution >= 4 is 10.0 Å². The summed E-state index contributed by atoms with van der Waals surface area (Å²) in [6, 6.07) is 12.4. The topological polar surface area (TPSA) is 84.9 Å². The van der Waals surface area contributed by atoms with Gasteiger partial charge in [-0.3, -0.25) is 0 Å². The minimum absolute atomic E-state index is 0.152. The van der Waals surface area contributed by atoms with E-state index in [1.54, 1.807) is 24.3 Å². The zero-order valence-electron chi connectivity index (χ0n) is 16.3. The lowest BCUT2D eigenvalue weighted by Crippen LogP contribution is -2.32. The largest absolute Gasteiger partial charge is 0.454 e. The molecule has 0 saturated heterocycles. The lowest BCUT2D eigenvalue weighted by Gasteiger charge is -2.28. The third-order valence-corrected chi connectivity index (χ3v) is 6.90. The summed E-state index contributed by atoms with van der Waals surface area (Å²) in [5.74, 6) is 1.02. The van der Waals surface area contributed by atoms with Crippen LogP contribution < -0.4 is 14.2 Å². The molecule has 2 aliphatic rings. The molecule has 154 valence electrons. The summed E-state index contributed by atoms with van der Waals surface area (Å²) in [7, 11) is -3.66. The van der Waals surface area contributed by atoms with E-state index < -0.39 is 16.1 Å². The molecule has 7 heteroatoms. The lowest BCUT2D eigenvalue weighted by atomic mass is 9.83. The molecule has 0 bridgehead atoms. The molecule has 0 amide bonds. The van der Waals surface area contributed by atoms with Gasteiger partial charge in [0.2, 0.25) is 16.8 Å². The summed E-state index contributed by atoms with van der Waals surface area (Å²) in [5, 5.41) is 10.6. The lowest BCUT2D eigenvalue weighted by molar-refractivity contribution is 0.173. The van der Waals surface area contributed by atoms with Crippen molar-refractivity contribution in [3.8, 4) is 11.5 Å². The Balaban J connectivity index is 1.62. The van der Waals surface area contributed by atoms with Gasteiger partial charge in [-0.2, -0.15) is 0 Å². The van der Waals surface area contributed by atoms with Gasteiger partial charge in [-0.25, -0.2) is 13.1 Å².